The van der Waals surface area contributed by atoms with Crippen molar-refractivity contribution in [2.75, 3.05) is 12.4 Å². The molecule has 0 atom stereocenters. The number of ether oxygens (including phenoxy) is 1. The molecular formula is C26H21N5O5S. The minimum atomic E-state index is -3.95. The highest BCUT2D eigenvalue weighted by molar-refractivity contribution is 7.91. The molecular weight excluding hydrogens is 494 g/mol. The molecule has 3 aromatic heterocycles. The van der Waals surface area contributed by atoms with Crippen LogP contribution >= 0.6 is 0 Å². The van der Waals surface area contributed by atoms with Gasteiger partial charge < -0.3 is 15.2 Å². The summed E-state index contributed by atoms with van der Waals surface area (Å²) >= 11 is 0. The van der Waals surface area contributed by atoms with Gasteiger partial charge in [0.15, 0.2) is 10.7 Å². The molecule has 0 fully saturated rings. The van der Waals surface area contributed by atoms with E-state index in [4.69, 9.17) is 4.74 Å². The smallest absolute Gasteiger partial charge is 0.339 e. The maximum Gasteiger partial charge on any atom is 0.339 e. The first kappa shape index (κ1) is 23.9. The van der Waals surface area contributed by atoms with Gasteiger partial charge in [-0.2, -0.15) is 5.10 Å². The normalized spacial score (nSPS) is 11.4. The van der Waals surface area contributed by atoms with Crippen LogP contribution in [-0.4, -0.2) is 46.4 Å². The molecule has 0 bridgehead atoms. The van der Waals surface area contributed by atoms with Crippen molar-refractivity contribution in [1.82, 2.24) is 19.7 Å². The third-order valence-electron chi connectivity index (χ3n) is 5.76. The Kier molecular flexibility index (Phi) is 6.28. The molecule has 0 amide bonds. The van der Waals surface area contributed by atoms with Crippen molar-refractivity contribution in [3.63, 3.8) is 0 Å². The zero-order valence-corrected chi connectivity index (χ0v) is 20.4. The maximum atomic E-state index is 13.4. The summed E-state index contributed by atoms with van der Waals surface area (Å²) in [6.45, 7) is -0.00549. The van der Waals surface area contributed by atoms with Crippen molar-refractivity contribution in [2.24, 2.45) is 0 Å². The molecule has 186 valence electrons. The fourth-order valence-corrected chi connectivity index (χ4v) is 5.34. The lowest BCUT2D eigenvalue weighted by molar-refractivity contribution is 0.0697. The van der Waals surface area contributed by atoms with Crippen molar-refractivity contribution in [1.29, 1.82) is 0 Å². The predicted molar refractivity (Wildman–Crippen MR) is 136 cm³/mol. The number of benzene rings is 2. The number of nitrogens with zero attached hydrogens (tertiary/aromatic N) is 4. The topological polar surface area (TPSA) is 136 Å². The Morgan fingerprint density at radius 1 is 1.00 bits per heavy atom. The van der Waals surface area contributed by atoms with E-state index in [9.17, 15) is 18.3 Å². The number of carbonyl (C=O) groups is 1. The van der Waals surface area contributed by atoms with E-state index < -0.39 is 15.8 Å². The summed E-state index contributed by atoms with van der Waals surface area (Å²) in [6.07, 6.45) is 4.19. The molecule has 0 aliphatic rings. The van der Waals surface area contributed by atoms with E-state index in [1.54, 1.807) is 28.9 Å². The van der Waals surface area contributed by atoms with E-state index in [2.05, 4.69) is 20.4 Å². The molecule has 0 saturated heterocycles. The van der Waals surface area contributed by atoms with Gasteiger partial charge in [-0.15, -0.1) is 0 Å². The Bertz CT molecular complexity index is 1700. The number of pyridine rings is 2. The lowest BCUT2D eigenvalue weighted by Crippen LogP contribution is -2.13. The predicted octanol–water partition coefficient (Wildman–Crippen LogP) is 3.97. The zero-order chi connectivity index (χ0) is 26.0. The molecule has 0 radical (unpaired) electrons. The van der Waals surface area contributed by atoms with Gasteiger partial charge in [-0.25, -0.2) is 27.9 Å². The minimum Gasteiger partial charge on any atom is -0.497 e. The average molecular weight is 516 g/mol. The number of hydrogen-bond acceptors (Lipinski definition) is 8. The number of nitrogens with one attached hydrogen (secondary N) is 1. The summed E-state index contributed by atoms with van der Waals surface area (Å²) in [5.41, 5.74) is 1.80. The number of anilines is 1. The standard InChI is InChI=1S/C26H21N5O5S/c1-36-19-9-11-20(12-10-19)37(34,35)25-17(6-5-13-27-25)14-28-23-21-16-30-31(18-7-3-2-4-8-18)24(21)29-15-22(23)26(32)33/h2-13,15-16H,14H2,1H3,(H,28,29)(H,32,33). The Hall–Kier alpha value is -4.77. The number of carboxylic acids is 1. The zero-order valence-electron chi connectivity index (χ0n) is 19.6. The SMILES string of the molecule is COc1ccc(S(=O)(=O)c2ncccc2CNc2c(C(=O)O)cnc3c2cnn3-c2ccccc2)cc1. The summed E-state index contributed by atoms with van der Waals surface area (Å²) in [4.78, 5) is 20.5. The summed E-state index contributed by atoms with van der Waals surface area (Å²) in [7, 11) is -2.45. The molecule has 0 unspecified atom stereocenters. The fourth-order valence-electron chi connectivity index (χ4n) is 3.94. The number of sulfone groups is 1. The van der Waals surface area contributed by atoms with Gasteiger partial charge in [-0.1, -0.05) is 24.3 Å². The van der Waals surface area contributed by atoms with Gasteiger partial charge in [0, 0.05) is 24.5 Å². The van der Waals surface area contributed by atoms with Crippen molar-refractivity contribution < 1.29 is 23.1 Å². The van der Waals surface area contributed by atoms with Crippen LogP contribution in [0, 0.1) is 0 Å². The van der Waals surface area contributed by atoms with Gasteiger partial charge >= 0.3 is 5.97 Å². The van der Waals surface area contributed by atoms with Crippen LogP contribution in [0.2, 0.25) is 0 Å². The number of rotatable bonds is 8. The van der Waals surface area contributed by atoms with Crippen LogP contribution in [0.1, 0.15) is 15.9 Å². The quantitative estimate of drug-likeness (QED) is 0.314. The number of aromatic nitrogens is 4. The summed E-state index contributed by atoms with van der Waals surface area (Å²) in [5, 5.41) is 17.6. The van der Waals surface area contributed by atoms with E-state index >= 15 is 0 Å². The maximum absolute atomic E-state index is 13.4. The second kappa shape index (κ2) is 9.70. The van der Waals surface area contributed by atoms with E-state index in [-0.39, 0.29) is 27.7 Å². The second-order valence-corrected chi connectivity index (χ2v) is 9.85. The molecule has 3 heterocycles. The van der Waals surface area contributed by atoms with Gasteiger partial charge in [0.05, 0.1) is 35.0 Å². The van der Waals surface area contributed by atoms with Gasteiger partial charge in [-0.3, -0.25) is 0 Å². The highest BCUT2D eigenvalue weighted by Crippen LogP contribution is 2.30. The molecule has 0 spiro atoms. The first-order chi connectivity index (χ1) is 17.9. The number of aromatic carboxylic acids is 1. The first-order valence-electron chi connectivity index (χ1n) is 11.1. The van der Waals surface area contributed by atoms with Crippen molar-refractivity contribution in [3.05, 3.63) is 96.4 Å². The van der Waals surface area contributed by atoms with Gasteiger partial charge in [-0.05, 0) is 42.5 Å². The van der Waals surface area contributed by atoms with E-state index in [1.165, 1.54) is 37.8 Å². The third-order valence-corrected chi connectivity index (χ3v) is 7.53. The van der Waals surface area contributed by atoms with Crippen LogP contribution in [0.15, 0.2) is 95.2 Å². The Labute approximate surface area is 212 Å². The number of para-hydroxylation sites is 1. The summed E-state index contributed by atoms with van der Waals surface area (Å²) in [5.74, 6) is -0.651. The largest absolute Gasteiger partial charge is 0.497 e. The number of hydrogen-bond donors (Lipinski definition) is 2. The lowest BCUT2D eigenvalue weighted by atomic mass is 10.1. The van der Waals surface area contributed by atoms with Crippen LogP contribution in [0.25, 0.3) is 16.7 Å². The first-order valence-corrected chi connectivity index (χ1v) is 12.6. The average Bonchev–Trinajstić information content (AvgIpc) is 3.37. The van der Waals surface area contributed by atoms with Crippen molar-refractivity contribution in [3.8, 4) is 11.4 Å². The van der Waals surface area contributed by atoms with E-state index in [0.717, 1.165) is 5.69 Å². The molecule has 2 aromatic carbocycles. The van der Waals surface area contributed by atoms with Crippen LogP contribution in [0.5, 0.6) is 5.75 Å². The number of methoxy groups -OCH3 is 1. The van der Waals surface area contributed by atoms with Gasteiger partial charge in [0.2, 0.25) is 9.84 Å². The van der Waals surface area contributed by atoms with Crippen LogP contribution in [0.4, 0.5) is 5.69 Å². The Morgan fingerprint density at radius 2 is 1.76 bits per heavy atom. The van der Waals surface area contributed by atoms with Crippen LogP contribution < -0.4 is 10.1 Å². The molecule has 0 aliphatic heterocycles. The Balaban J connectivity index is 1.53. The molecule has 0 aliphatic carbocycles. The summed E-state index contributed by atoms with van der Waals surface area (Å²) < 4.78 is 33.5. The molecule has 0 saturated carbocycles. The Morgan fingerprint density at radius 3 is 2.46 bits per heavy atom. The van der Waals surface area contributed by atoms with Crippen molar-refractivity contribution >= 4 is 32.5 Å². The monoisotopic (exact) mass is 515 g/mol. The van der Waals surface area contributed by atoms with Crippen molar-refractivity contribution in [2.45, 2.75) is 16.5 Å². The van der Waals surface area contributed by atoms with Gasteiger partial charge in [0.1, 0.15) is 11.3 Å². The highest BCUT2D eigenvalue weighted by Gasteiger charge is 2.24. The van der Waals surface area contributed by atoms with Gasteiger partial charge in [0.25, 0.3) is 0 Å². The number of fused-ring (bicyclic) bond motifs is 1. The van der Waals surface area contributed by atoms with Crippen LogP contribution in [0.3, 0.4) is 0 Å². The molecule has 10 nitrogen and oxygen atoms in total. The minimum absolute atomic E-state index is 0.00549. The molecule has 5 rings (SSSR count). The van der Waals surface area contributed by atoms with Crippen LogP contribution in [-0.2, 0) is 16.4 Å². The molecule has 5 aromatic rings. The molecule has 11 heteroatoms. The highest BCUT2D eigenvalue weighted by atomic mass is 32.2. The molecule has 2 N–H and O–H groups in total. The lowest BCUT2D eigenvalue weighted by Gasteiger charge is -2.14. The molecule has 37 heavy (non-hydrogen) atoms. The van der Waals surface area contributed by atoms with E-state index in [1.807, 2.05) is 30.3 Å². The number of carboxylic acid groups (broad SMARTS) is 1. The summed E-state index contributed by atoms with van der Waals surface area (Å²) in [6, 6.07) is 18.6. The third kappa shape index (κ3) is 4.47. The second-order valence-electron chi connectivity index (χ2n) is 7.98. The fraction of sp³-hybridized carbons (Fsp3) is 0.0769. The van der Waals surface area contributed by atoms with E-state index in [0.29, 0.717) is 22.3 Å².